The molecule has 4 nitrogen and oxygen atoms in total. The van der Waals surface area contributed by atoms with Crippen molar-refractivity contribution in [1.29, 1.82) is 0 Å². The van der Waals surface area contributed by atoms with Crippen molar-refractivity contribution in [1.82, 2.24) is 5.32 Å². The number of carbonyl (C=O) groups is 2. The molecule has 5 rings (SSSR count). The first-order valence-electron chi connectivity index (χ1n) is 11.8. The molecule has 2 aliphatic carbocycles. The van der Waals surface area contributed by atoms with Gasteiger partial charge in [0.25, 0.3) is 0 Å². The SMILES string of the molecule is CN[C@@H](C)Cc1ccccc1.Cc1coc2c1C(=O)C(=O)c1c-2ccc2c1CCCC2(C)C. The molecule has 0 saturated heterocycles. The molecule has 0 amide bonds. The molecule has 1 N–H and O–H groups in total. The summed E-state index contributed by atoms with van der Waals surface area (Å²) in [5.74, 6) is -0.240. The minimum atomic E-state index is -0.425. The second-order valence-electron chi connectivity index (χ2n) is 9.91. The van der Waals surface area contributed by atoms with Gasteiger partial charge in [-0.3, -0.25) is 9.59 Å². The van der Waals surface area contributed by atoms with Gasteiger partial charge in [-0.05, 0) is 74.2 Å². The maximum Gasteiger partial charge on any atom is 0.237 e. The van der Waals surface area contributed by atoms with Gasteiger partial charge >= 0.3 is 0 Å². The zero-order valence-corrected chi connectivity index (χ0v) is 20.2. The van der Waals surface area contributed by atoms with Crippen molar-refractivity contribution in [2.24, 2.45) is 0 Å². The van der Waals surface area contributed by atoms with Gasteiger partial charge in [-0.1, -0.05) is 56.3 Å². The molecule has 33 heavy (non-hydrogen) atoms. The van der Waals surface area contributed by atoms with Crippen LogP contribution in [0, 0.1) is 6.92 Å². The molecule has 3 aromatic rings. The van der Waals surface area contributed by atoms with E-state index in [0.29, 0.717) is 22.9 Å². The molecule has 1 aromatic heterocycles. The van der Waals surface area contributed by atoms with Crippen LogP contribution < -0.4 is 5.32 Å². The molecule has 0 bridgehead atoms. The van der Waals surface area contributed by atoms with Gasteiger partial charge in [-0.15, -0.1) is 0 Å². The number of benzene rings is 2. The van der Waals surface area contributed by atoms with E-state index in [1.807, 2.05) is 19.2 Å². The van der Waals surface area contributed by atoms with Gasteiger partial charge in [0.1, 0.15) is 5.76 Å². The van der Waals surface area contributed by atoms with Crippen molar-refractivity contribution < 1.29 is 14.0 Å². The molecule has 0 aliphatic heterocycles. The van der Waals surface area contributed by atoms with Gasteiger partial charge in [-0.25, -0.2) is 0 Å². The molecule has 0 unspecified atom stereocenters. The second kappa shape index (κ2) is 9.11. The lowest BCUT2D eigenvalue weighted by molar-refractivity contribution is 0.0813. The number of aryl methyl sites for hydroxylation is 1. The lowest BCUT2D eigenvalue weighted by Crippen LogP contribution is -2.29. The topological polar surface area (TPSA) is 59.3 Å². The fourth-order valence-corrected chi connectivity index (χ4v) is 5.05. The Balaban J connectivity index is 0.000000200. The molecule has 2 aromatic carbocycles. The molecule has 1 atom stereocenters. The van der Waals surface area contributed by atoms with Gasteiger partial charge in [0.15, 0.2) is 0 Å². The minimum absolute atomic E-state index is 0.0469. The first kappa shape index (κ1) is 23.2. The van der Waals surface area contributed by atoms with Crippen LogP contribution in [-0.4, -0.2) is 24.7 Å². The number of hydrogen-bond donors (Lipinski definition) is 1. The summed E-state index contributed by atoms with van der Waals surface area (Å²) >= 11 is 0. The molecular formula is C29H33NO3. The number of likely N-dealkylation sites (N-methyl/N-ethyl adjacent to an activating group) is 1. The third kappa shape index (κ3) is 4.32. The molecule has 1 heterocycles. The third-order valence-electron chi connectivity index (χ3n) is 7.03. The Morgan fingerprint density at radius 3 is 2.42 bits per heavy atom. The summed E-state index contributed by atoms with van der Waals surface area (Å²) in [5.41, 5.74) is 6.23. The molecule has 172 valence electrons. The molecule has 4 heteroatoms. The Morgan fingerprint density at radius 2 is 1.73 bits per heavy atom. The van der Waals surface area contributed by atoms with E-state index in [9.17, 15) is 9.59 Å². The Morgan fingerprint density at radius 1 is 1.03 bits per heavy atom. The van der Waals surface area contributed by atoms with Crippen LogP contribution in [0.25, 0.3) is 11.3 Å². The molecule has 0 radical (unpaired) electrons. The van der Waals surface area contributed by atoms with E-state index in [0.717, 1.165) is 42.4 Å². The molecular weight excluding hydrogens is 410 g/mol. The zero-order chi connectivity index (χ0) is 23.8. The van der Waals surface area contributed by atoms with Gasteiger partial charge in [-0.2, -0.15) is 0 Å². The maximum atomic E-state index is 12.7. The van der Waals surface area contributed by atoms with Gasteiger partial charge in [0.05, 0.1) is 11.8 Å². The summed E-state index contributed by atoms with van der Waals surface area (Å²) in [6, 6.07) is 15.2. The number of carbonyl (C=O) groups excluding carboxylic acids is 2. The summed E-state index contributed by atoms with van der Waals surface area (Å²) in [4.78, 5) is 25.2. The Bertz CT molecular complexity index is 1190. The molecule has 0 fully saturated rings. The average Bonchev–Trinajstić information content (AvgIpc) is 3.19. The van der Waals surface area contributed by atoms with Crippen LogP contribution in [0.5, 0.6) is 0 Å². The lowest BCUT2D eigenvalue weighted by atomic mass is 9.69. The second-order valence-corrected chi connectivity index (χ2v) is 9.91. The highest BCUT2D eigenvalue weighted by Crippen LogP contribution is 2.44. The first-order chi connectivity index (χ1) is 15.7. The molecule has 0 saturated carbocycles. The smallest absolute Gasteiger partial charge is 0.237 e. The number of Topliss-reactive ketones (excluding diaryl/α,β-unsaturated/α-hetero) is 2. The van der Waals surface area contributed by atoms with Gasteiger partial charge in [0.2, 0.25) is 11.6 Å². The highest BCUT2D eigenvalue weighted by atomic mass is 16.3. The van der Waals surface area contributed by atoms with Crippen molar-refractivity contribution in [3.63, 3.8) is 0 Å². The monoisotopic (exact) mass is 443 g/mol. The fourth-order valence-electron chi connectivity index (χ4n) is 5.05. The van der Waals surface area contributed by atoms with Crippen molar-refractivity contribution in [3.8, 4) is 11.3 Å². The number of rotatable bonds is 3. The highest BCUT2D eigenvalue weighted by Gasteiger charge is 2.39. The standard InChI is InChI=1S/C19H18O3.C10H15N/c1-10-9-22-18-12-6-7-13-11(5-4-8-19(13,2)3)15(12)17(21)16(20)14(10)18;1-9(11-2)8-10-6-4-3-5-7-10/h6-7,9H,4-5,8H2,1-3H3;3-7,9,11H,8H2,1-2H3/t;9-/m.0/s1. The summed E-state index contributed by atoms with van der Waals surface area (Å²) in [6.45, 7) is 8.40. The predicted molar refractivity (Wildman–Crippen MR) is 132 cm³/mol. The van der Waals surface area contributed by atoms with Crippen LogP contribution in [0.15, 0.2) is 53.1 Å². The highest BCUT2D eigenvalue weighted by molar-refractivity contribution is 6.53. The third-order valence-corrected chi connectivity index (χ3v) is 7.03. The van der Waals surface area contributed by atoms with Crippen molar-refractivity contribution in [2.45, 2.75) is 64.8 Å². The van der Waals surface area contributed by atoms with E-state index in [1.54, 1.807) is 13.2 Å². The summed E-state index contributed by atoms with van der Waals surface area (Å²) in [7, 11) is 1.99. The van der Waals surface area contributed by atoms with E-state index < -0.39 is 5.78 Å². The number of nitrogens with one attached hydrogen (secondary N) is 1. The van der Waals surface area contributed by atoms with Crippen LogP contribution in [0.4, 0.5) is 0 Å². The summed E-state index contributed by atoms with van der Waals surface area (Å²) < 4.78 is 5.60. The quantitative estimate of drug-likeness (QED) is 0.498. The minimum Gasteiger partial charge on any atom is -0.463 e. The number of ketones is 2. The maximum absolute atomic E-state index is 12.7. The van der Waals surface area contributed by atoms with Crippen molar-refractivity contribution in [3.05, 3.63) is 82.1 Å². The van der Waals surface area contributed by atoms with Gasteiger partial charge in [0, 0.05) is 17.2 Å². The van der Waals surface area contributed by atoms with Crippen LogP contribution in [0.3, 0.4) is 0 Å². The predicted octanol–water partition coefficient (Wildman–Crippen LogP) is 6.08. The van der Waals surface area contributed by atoms with Gasteiger partial charge < -0.3 is 9.73 Å². The number of fused-ring (bicyclic) bond motifs is 5. The zero-order valence-electron chi connectivity index (χ0n) is 20.2. The number of hydrogen-bond acceptors (Lipinski definition) is 4. The van der Waals surface area contributed by atoms with E-state index in [-0.39, 0.29) is 11.2 Å². The average molecular weight is 444 g/mol. The Hall–Kier alpha value is -2.98. The van der Waals surface area contributed by atoms with E-state index >= 15 is 0 Å². The van der Waals surface area contributed by atoms with E-state index in [2.05, 4.69) is 56.4 Å². The van der Waals surface area contributed by atoms with Crippen LogP contribution in [0.1, 0.15) is 76.6 Å². The van der Waals surface area contributed by atoms with Crippen LogP contribution in [-0.2, 0) is 18.3 Å². The normalized spacial score (nSPS) is 16.8. The first-order valence-corrected chi connectivity index (χ1v) is 11.8. The number of furan rings is 1. The molecule has 2 aliphatic rings. The largest absolute Gasteiger partial charge is 0.463 e. The Kier molecular flexibility index (Phi) is 6.40. The lowest BCUT2D eigenvalue weighted by Gasteiger charge is -2.34. The van der Waals surface area contributed by atoms with Crippen LogP contribution in [0.2, 0.25) is 0 Å². The van der Waals surface area contributed by atoms with Crippen molar-refractivity contribution in [2.75, 3.05) is 7.05 Å². The van der Waals surface area contributed by atoms with Crippen LogP contribution >= 0.6 is 0 Å². The summed E-state index contributed by atoms with van der Waals surface area (Å²) in [5, 5.41) is 3.21. The summed E-state index contributed by atoms with van der Waals surface area (Å²) in [6.07, 6.45) is 5.68. The van der Waals surface area contributed by atoms with Crippen molar-refractivity contribution >= 4 is 11.6 Å². The van der Waals surface area contributed by atoms with E-state index in [4.69, 9.17) is 4.42 Å². The van der Waals surface area contributed by atoms with E-state index in [1.165, 1.54) is 11.1 Å². The Labute approximate surface area is 196 Å². The molecule has 0 spiro atoms. The fraction of sp³-hybridized carbons (Fsp3) is 0.379.